The van der Waals surface area contributed by atoms with Gasteiger partial charge in [-0.15, -0.1) is 0 Å². The fraction of sp³-hybridized carbons (Fsp3) is 0.250. The summed E-state index contributed by atoms with van der Waals surface area (Å²) in [6.45, 7) is 8.28. The summed E-state index contributed by atoms with van der Waals surface area (Å²) in [6, 6.07) is 9.51. The second-order valence-corrected chi connectivity index (χ2v) is 6.21. The Balaban J connectivity index is 1.75. The van der Waals surface area contributed by atoms with Crippen molar-refractivity contribution in [3.8, 4) is 11.4 Å². The minimum atomic E-state index is -0.0995. The summed E-state index contributed by atoms with van der Waals surface area (Å²) in [4.78, 5) is 16.9. The van der Waals surface area contributed by atoms with Crippen molar-refractivity contribution in [1.29, 1.82) is 0 Å². The van der Waals surface area contributed by atoms with Gasteiger partial charge in [-0.05, 0) is 62.1 Å². The Morgan fingerprint density at radius 3 is 2.40 bits per heavy atom. The number of rotatable bonds is 4. The molecular weight excluding hydrogens is 314 g/mol. The number of hydrogen-bond acceptors (Lipinski definition) is 4. The van der Waals surface area contributed by atoms with Gasteiger partial charge >= 0.3 is 0 Å². The molecule has 5 heteroatoms. The van der Waals surface area contributed by atoms with E-state index < -0.39 is 0 Å². The van der Waals surface area contributed by atoms with Gasteiger partial charge in [-0.3, -0.25) is 9.78 Å². The van der Waals surface area contributed by atoms with E-state index in [1.54, 1.807) is 12.3 Å². The van der Waals surface area contributed by atoms with Gasteiger partial charge in [-0.25, -0.2) is 0 Å². The van der Waals surface area contributed by atoms with Crippen molar-refractivity contribution < 1.29 is 9.32 Å². The van der Waals surface area contributed by atoms with Gasteiger partial charge in [0.05, 0.1) is 12.2 Å². The average Bonchev–Trinajstić information content (AvgIpc) is 3.08. The van der Waals surface area contributed by atoms with Crippen molar-refractivity contribution in [3.63, 3.8) is 0 Å². The number of aryl methyl sites for hydroxylation is 2. The lowest BCUT2D eigenvalue weighted by molar-refractivity contribution is 0.0945. The van der Waals surface area contributed by atoms with E-state index >= 15 is 0 Å². The number of nitrogens with one attached hydrogen (secondary N) is 1. The van der Waals surface area contributed by atoms with Gasteiger partial charge in [-0.2, -0.15) is 0 Å². The van der Waals surface area contributed by atoms with Crippen molar-refractivity contribution in [2.75, 3.05) is 0 Å². The summed E-state index contributed by atoms with van der Waals surface area (Å²) in [5.41, 5.74) is 6.38. The summed E-state index contributed by atoms with van der Waals surface area (Å²) in [5.74, 6) is 0.492. The van der Waals surface area contributed by atoms with E-state index in [1.165, 1.54) is 0 Å². The molecule has 25 heavy (non-hydrogen) atoms. The van der Waals surface area contributed by atoms with Crippen LogP contribution in [0.3, 0.4) is 0 Å². The van der Waals surface area contributed by atoms with E-state index in [1.807, 2.05) is 45.9 Å². The number of hydrogen-bond donors (Lipinski definition) is 1. The molecule has 0 radical (unpaired) electrons. The summed E-state index contributed by atoms with van der Waals surface area (Å²) in [5, 5.41) is 6.93. The van der Waals surface area contributed by atoms with Crippen molar-refractivity contribution in [2.45, 2.75) is 34.2 Å². The maximum atomic E-state index is 12.7. The van der Waals surface area contributed by atoms with Gasteiger partial charge in [0, 0.05) is 17.8 Å². The van der Waals surface area contributed by atoms with Crippen LogP contribution in [-0.2, 0) is 6.54 Å². The van der Waals surface area contributed by atoms with Crippen molar-refractivity contribution in [2.24, 2.45) is 0 Å². The van der Waals surface area contributed by atoms with Crippen molar-refractivity contribution in [1.82, 2.24) is 15.5 Å². The van der Waals surface area contributed by atoms with Crippen LogP contribution in [0.1, 0.15) is 38.4 Å². The van der Waals surface area contributed by atoms with Gasteiger partial charge in [0.25, 0.3) is 5.91 Å². The number of aromatic nitrogens is 2. The largest absolute Gasteiger partial charge is 0.359 e. The number of amides is 1. The van der Waals surface area contributed by atoms with Crippen LogP contribution in [0.25, 0.3) is 11.4 Å². The molecule has 1 amide bonds. The molecule has 0 aliphatic heterocycles. The summed E-state index contributed by atoms with van der Waals surface area (Å²) in [7, 11) is 0. The van der Waals surface area contributed by atoms with Crippen LogP contribution in [-0.4, -0.2) is 16.0 Å². The molecule has 0 saturated heterocycles. The molecule has 3 aromatic rings. The quantitative estimate of drug-likeness (QED) is 0.785. The summed E-state index contributed by atoms with van der Waals surface area (Å²) in [6.07, 6.45) is 1.71. The minimum Gasteiger partial charge on any atom is -0.359 e. The normalized spacial score (nSPS) is 10.7. The molecule has 2 aromatic heterocycles. The Hall–Kier alpha value is -2.95. The van der Waals surface area contributed by atoms with Gasteiger partial charge < -0.3 is 9.84 Å². The fourth-order valence-corrected chi connectivity index (χ4v) is 2.84. The highest BCUT2D eigenvalue weighted by Gasteiger charge is 2.16. The molecule has 0 aliphatic carbocycles. The second kappa shape index (κ2) is 6.89. The maximum absolute atomic E-state index is 12.7. The molecule has 0 bridgehead atoms. The van der Waals surface area contributed by atoms with Crippen LogP contribution in [0, 0.1) is 27.7 Å². The highest BCUT2D eigenvalue weighted by Crippen LogP contribution is 2.22. The molecule has 0 saturated carbocycles. The van der Waals surface area contributed by atoms with Crippen molar-refractivity contribution in [3.05, 3.63) is 70.1 Å². The Morgan fingerprint density at radius 2 is 1.76 bits per heavy atom. The molecule has 5 nitrogen and oxygen atoms in total. The van der Waals surface area contributed by atoms with Crippen molar-refractivity contribution >= 4 is 5.91 Å². The second-order valence-electron chi connectivity index (χ2n) is 6.21. The molecular formula is C20H21N3O2. The highest BCUT2D eigenvalue weighted by atomic mass is 16.5. The Kier molecular flexibility index (Phi) is 4.65. The first kappa shape index (κ1) is 16.9. The predicted molar refractivity (Wildman–Crippen MR) is 96.3 cm³/mol. The Morgan fingerprint density at radius 1 is 1.04 bits per heavy atom. The lowest BCUT2D eigenvalue weighted by atomic mass is 9.94. The van der Waals surface area contributed by atoms with Gasteiger partial charge in [0.15, 0.2) is 5.76 Å². The van der Waals surface area contributed by atoms with E-state index in [9.17, 15) is 4.79 Å². The Labute approximate surface area is 147 Å². The van der Waals surface area contributed by atoms with E-state index in [-0.39, 0.29) is 12.5 Å². The van der Waals surface area contributed by atoms with Gasteiger partial charge in [0.1, 0.15) is 5.69 Å². The minimum absolute atomic E-state index is 0.0995. The molecule has 0 unspecified atom stereocenters. The zero-order valence-corrected chi connectivity index (χ0v) is 14.9. The maximum Gasteiger partial charge on any atom is 0.252 e. The standard InChI is InChI=1S/C20H21N3O2/c1-12-9-13(2)15(4)19(14(12)3)20(24)22-11-16-10-18(23-25-16)17-7-5-6-8-21-17/h5-10H,11H2,1-4H3,(H,22,24). The highest BCUT2D eigenvalue weighted by molar-refractivity contribution is 5.97. The third-order valence-electron chi connectivity index (χ3n) is 4.50. The SMILES string of the molecule is Cc1cc(C)c(C)c(C(=O)NCc2cc(-c3ccccn3)no2)c1C. The Bertz CT molecular complexity index is 888. The van der Waals surface area contributed by atoms with Crippen LogP contribution in [0.5, 0.6) is 0 Å². The van der Waals surface area contributed by atoms with Crippen LogP contribution in [0.15, 0.2) is 41.1 Å². The zero-order valence-electron chi connectivity index (χ0n) is 14.9. The zero-order chi connectivity index (χ0) is 18.0. The molecule has 1 aromatic carbocycles. The predicted octanol–water partition coefficient (Wildman–Crippen LogP) is 3.90. The first-order chi connectivity index (χ1) is 12.0. The lowest BCUT2D eigenvalue weighted by Gasteiger charge is -2.14. The smallest absolute Gasteiger partial charge is 0.252 e. The fourth-order valence-electron chi connectivity index (χ4n) is 2.84. The summed E-state index contributed by atoms with van der Waals surface area (Å²) < 4.78 is 5.31. The molecule has 1 N–H and O–H groups in total. The third kappa shape index (κ3) is 3.45. The molecule has 0 aliphatic rings. The van der Waals surface area contributed by atoms with Crippen LogP contribution < -0.4 is 5.32 Å². The number of carbonyl (C=O) groups is 1. The van der Waals surface area contributed by atoms with Crippen LogP contribution in [0.2, 0.25) is 0 Å². The van der Waals surface area contributed by atoms with Crippen LogP contribution >= 0.6 is 0 Å². The molecule has 0 fully saturated rings. The van der Waals surface area contributed by atoms with E-state index in [4.69, 9.17) is 4.52 Å². The van der Waals surface area contributed by atoms with Crippen LogP contribution in [0.4, 0.5) is 0 Å². The first-order valence-electron chi connectivity index (χ1n) is 8.20. The van der Waals surface area contributed by atoms with E-state index in [0.29, 0.717) is 11.5 Å². The van der Waals surface area contributed by atoms with Gasteiger partial charge in [0.2, 0.25) is 0 Å². The molecule has 128 valence electrons. The molecule has 2 heterocycles. The third-order valence-corrected chi connectivity index (χ3v) is 4.50. The number of pyridine rings is 1. The first-order valence-corrected chi connectivity index (χ1v) is 8.20. The van der Waals surface area contributed by atoms with E-state index in [2.05, 4.69) is 21.5 Å². The number of nitrogens with zero attached hydrogens (tertiary/aromatic N) is 2. The van der Waals surface area contributed by atoms with Gasteiger partial charge in [-0.1, -0.05) is 17.3 Å². The lowest BCUT2D eigenvalue weighted by Crippen LogP contribution is -2.25. The van der Waals surface area contributed by atoms with E-state index in [0.717, 1.165) is 33.5 Å². The average molecular weight is 335 g/mol. The topological polar surface area (TPSA) is 68.0 Å². The molecule has 3 rings (SSSR count). The monoisotopic (exact) mass is 335 g/mol. The summed E-state index contributed by atoms with van der Waals surface area (Å²) >= 11 is 0. The molecule has 0 atom stereocenters. The number of carbonyl (C=O) groups excluding carboxylic acids is 1. The number of benzene rings is 1. The molecule has 0 spiro atoms.